The van der Waals surface area contributed by atoms with Crippen molar-refractivity contribution in [3.8, 4) is 0 Å². The van der Waals surface area contributed by atoms with E-state index in [-0.39, 0.29) is 11.4 Å². The summed E-state index contributed by atoms with van der Waals surface area (Å²) in [4.78, 5) is 0. The highest BCUT2D eigenvalue weighted by molar-refractivity contribution is 4.97. The van der Waals surface area contributed by atoms with Gasteiger partial charge in [0.15, 0.2) is 0 Å². The van der Waals surface area contributed by atoms with Gasteiger partial charge in [-0.25, -0.2) is 13.2 Å². The first-order valence-corrected chi connectivity index (χ1v) is 5.51. The molecule has 0 unspecified atom stereocenters. The third-order valence-corrected chi connectivity index (χ3v) is 1.77. The normalized spacial score (nSPS) is 11.0. The molecular formula is C14H25F3. The van der Waals surface area contributed by atoms with E-state index in [9.17, 15) is 13.2 Å². The maximum Gasteiger partial charge on any atom is 0.259 e. The predicted molar refractivity (Wildman–Crippen MR) is 71.1 cm³/mol. The van der Waals surface area contributed by atoms with Crippen LogP contribution < -0.4 is 0 Å². The molecule has 0 aromatic carbocycles. The zero-order chi connectivity index (χ0) is 14.4. The molecule has 0 N–H and O–H groups in total. The quantitative estimate of drug-likeness (QED) is 0.495. The monoisotopic (exact) mass is 250 g/mol. The molecule has 0 spiro atoms. The van der Waals surface area contributed by atoms with Crippen molar-refractivity contribution in [2.24, 2.45) is 0 Å². The minimum absolute atomic E-state index is 0.120. The predicted octanol–water partition coefficient (Wildman–Crippen LogP) is 6.07. The second-order valence-corrected chi connectivity index (χ2v) is 3.57. The Hall–Kier alpha value is -0.990. The van der Waals surface area contributed by atoms with Crippen molar-refractivity contribution in [2.45, 2.75) is 54.9 Å². The molecule has 0 aliphatic heterocycles. The van der Waals surface area contributed by atoms with Gasteiger partial charge in [-0.1, -0.05) is 23.8 Å². The van der Waals surface area contributed by atoms with E-state index in [0.717, 1.165) is 0 Å². The van der Waals surface area contributed by atoms with E-state index in [1.54, 1.807) is 13.8 Å². The highest BCUT2D eigenvalue weighted by Crippen LogP contribution is 2.04. The van der Waals surface area contributed by atoms with E-state index in [1.165, 1.54) is 31.6 Å². The zero-order valence-electron chi connectivity index (χ0n) is 11.9. The SMILES string of the molecule is C/C=C(\C)C(F)F.C/C=C(\C)F.CC=C(C)C. The lowest BCUT2D eigenvalue weighted by molar-refractivity contribution is 0.189. The summed E-state index contributed by atoms with van der Waals surface area (Å²) in [5, 5.41) is 0. The number of rotatable bonds is 1. The molecule has 0 bridgehead atoms. The summed E-state index contributed by atoms with van der Waals surface area (Å²) in [5.41, 5.74) is 1.52. The van der Waals surface area contributed by atoms with Crippen LogP contribution >= 0.6 is 0 Å². The molecule has 0 rings (SSSR count). The van der Waals surface area contributed by atoms with Crippen molar-refractivity contribution in [3.05, 3.63) is 35.2 Å². The van der Waals surface area contributed by atoms with E-state index < -0.39 is 6.43 Å². The Kier molecular flexibility index (Phi) is 18.8. The van der Waals surface area contributed by atoms with Gasteiger partial charge in [-0.2, -0.15) is 0 Å². The van der Waals surface area contributed by atoms with Crippen LogP contribution in [-0.2, 0) is 0 Å². The first-order chi connectivity index (χ1) is 7.72. The zero-order valence-corrected chi connectivity index (χ0v) is 11.9. The van der Waals surface area contributed by atoms with Crippen LogP contribution in [0.4, 0.5) is 13.2 Å². The summed E-state index contributed by atoms with van der Waals surface area (Å²) < 4.78 is 34.0. The van der Waals surface area contributed by atoms with Gasteiger partial charge in [0.25, 0.3) is 6.43 Å². The highest BCUT2D eigenvalue weighted by atomic mass is 19.3. The van der Waals surface area contributed by atoms with Gasteiger partial charge in [-0.15, -0.1) is 0 Å². The lowest BCUT2D eigenvalue weighted by Crippen LogP contribution is -1.89. The second-order valence-electron chi connectivity index (χ2n) is 3.57. The second kappa shape index (κ2) is 15.0. The Labute approximate surface area is 104 Å². The minimum Gasteiger partial charge on any atom is -0.213 e. The average Bonchev–Trinajstić information content (AvgIpc) is 2.29. The van der Waals surface area contributed by atoms with Crippen LogP contribution in [-0.4, -0.2) is 6.43 Å². The summed E-state index contributed by atoms with van der Waals surface area (Å²) in [6, 6.07) is 0. The van der Waals surface area contributed by atoms with Crippen LogP contribution in [0.1, 0.15) is 48.5 Å². The van der Waals surface area contributed by atoms with Crippen molar-refractivity contribution >= 4 is 0 Å². The van der Waals surface area contributed by atoms with Crippen LogP contribution in [0.25, 0.3) is 0 Å². The first-order valence-electron chi connectivity index (χ1n) is 5.51. The van der Waals surface area contributed by atoms with Gasteiger partial charge in [0, 0.05) is 0 Å². The Morgan fingerprint density at radius 1 is 0.824 bits per heavy atom. The molecule has 0 saturated heterocycles. The van der Waals surface area contributed by atoms with Crippen molar-refractivity contribution in [1.82, 2.24) is 0 Å². The Balaban J connectivity index is -0.000000177. The van der Waals surface area contributed by atoms with E-state index in [2.05, 4.69) is 19.9 Å². The van der Waals surface area contributed by atoms with Gasteiger partial charge in [0.2, 0.25) is 0 Å². The fraction of sp³-hybridized carbons (Fsp3) is 0.571. The van der Waals surface area contributed by atoms with Gasteiger partial charge >= 0.3 is 0 Å². The molecule has 0 aromatic rings. The van der Waals surface area contributed by atoms with Gasteiger partial charge < -0.3 is 0 Å². The fourth-order valence-corrected chi connectivity index (χ4v) is 0.126. The third kappa shape index (κ3) is 31.3. The van der Waals surface area contributed by atoms with E-state index in [0.29, 0.717) is 0 Å². The Morgan fingerprint density at radius 3 is 1.12 bits per heavy atom. The maximum atomic E-state index is 11.4. The Bertz CT molecular complexity index is 224. The van der Waals surface area contributed by atoms with E-state index >= 15 is 0 Å². The number of hydrogen-bond acceptors (Lipinski definition) is 0. The molecule has 0 atom stereocenters. The van der Waals surface area contributed by atoms with Crippen molar-refractivity contribution in [3.63, 3.8) is 0 Å². The molecule has 0 amide bonds. The van der Waals surface area contributed by atoms with Crippen molar-refractivity contribution in [2.75, 3.05) is 0 Å². The highest BCUT2D eigenvalue weighted by Gasteiger charge is 2.00. The largest absolute Gasteiger partial charge is 0.259 e. The average molecular weight is 250 g/mol. The summed E-state index contributed by atoms with van der Waals surface area (Å²) in [6.07, 6.45) is 2.63. The molecule has 17 heavy (non-hydrogen) atoms. The van der Waals surface area contributed by atoms with Gasteiger partial charge in [0.1, 0.15) is 0 Å². The summed E-state index contributed by atoms with van der Waals surface area (Å²) >= 11 is 0. The Morgan fingerprint density at radius 2 is 1.12 bits per heavy atom. The topological polar surface area (TPSA) is 0 Å². The van der Waals surface area contributed by atoms with Crippen LogP contribution in [0.2, 0.25) is 0 Å². The molecule has 0 fully saturated rings. The van der Waals surface area contributed by atoms with Crippen LogP contribution in [0.5, 0.6) is 0 Å². The lowest BCUT2D eigenvalue weighted by Gasteiger charge is -1.92. The van der Waals surface area contributed by atoms with Gasteiger partial charge in [-0.05, 0) is 54.0 Å². The van der Waals surface area contributed by atoms with Gasteiger partial charge in [-0.3, -0.25) is 0 Å². The molecule has 0 heterocycles. The van der Waals surface area contributed by atoms with Crippen LogP contribution in [0.15, 0.2) is 35.2 Å². The first kappa shape index (κ1) is 21.3. The molecule has 0 nitrogen and oxygen atoms in total. The molecule has 102 valence electrons. The van der Waals surface area contributed by atoms with Gasteiger partial charge in [0.05, 0.1) is 5.83 Å². The molecule has 0 aliphatic carbocycles. The van der Waals surface area contributed by atoms with Crippen LogP contribution in [0, 0.1) is 0 Å². The smallest absolute Gasteiger partial charge is 0.213 e. The van der Waals surface area contributed by atoms with E-state index in [4.69, 9.17) is 0 Å². The standard InChI is InChI=1S/C5H8F2.C5H10.C4H7F/c1-3-4(2)5(6)7;1-4-5(2)3;1-3-4(2)5/h3,5H,1-2H3;4H,1-3H3;3H,1-2H3/b4-3+;;4-3+. The number of halogens is 3. The summed E-state index contributed by atoms with van der Waals surface area (Å²) in [6.45, 7) is 12.3. The molecule has 0 aliphatic rings. The number of alkyl halides is 2. The molecule has 3 heteroatoms. The summed E-state index contributed by atoms with van der Waals surface area (Å²) in [7, 11) is 0. The lowest BCUT2D eigenvalue weighted by atomic mass is 10.3. The fourth-order valence-electron chi connectivity index (χ4n) is 0.126. The van der Waals surface area contributed by atoms with Crippen molar-refractivity contribution < 1.29 is 13.2 Å². The minimum atomic E-state index is -2.27. The third-order valence-electron chi connectivity index (χ3n) is 1.77. The number of hydrogen-bond donors (Lipinski definition) is 0. The molecule has 0 aromatic heterocycles. The molecule has 0 saturated carbocycles. The van der Waals surface area contributed by atoms with Crippen molar-refractivity contribution in [1.29, 1.82) is 0 Å². The molecule has 0 radical (unpaired) electrons. The molecular weight excluding hydrogens is 225 g/mol. The summed E-state index contributed by atoms with van der Waals surface area (Å²) in [5.74, 6) is -0.120. The van der Waals surface area contributed by atoms with E-state index in [1.807, 2.05) is 6.92 Å². The number of allylic oxidation sites excluding steroid dienone is 6. The van der Waals surface area contributed by atoms with Crippen LogP contribution in [0.3, 0.4) is 0 Å². The maximum absolute atomic E-state index is 11.4.